The summed E-state index contributed by atoms with van der Waals surface area (Å²) in [6, 6.07) is 16.8. The predicted molar refractivity (Wildman–Crippen MR) is 105 cm³/mol. The van der Waals surface area contributed by atoms with Crippen molar-refractivity contribution in [3.05, 3.63) is 71.8 Å². The normalized spacial score (nSPS) is 12.5. The first kappa shape index (κ1) is 21.0. The fourth-order valence-electron chi connectivity index (χ4n) is 2.77. The maximum absolute atomic E-state index is 12.5. The molecule has 0 spiro atoms. The summed E-state index contributed by atoms with van der Waals surface area (Å²) in [5, 5.41) is 2.38. The number of nitrogens with two attached hydrogens (primary N) is 1. The number of urea groups is 1. The molecular weight excluding hydrogens is 358 g/mol. The Labute approximate surface area is 164 Å². The molecule has 3 amide bonds. The van der Waals surface area contributed by atoms with E-state index in [0.29, 0.717) is 6.54 Å². The molecule has 148 valence electrons. The smallest absolute Gasteiger partial charge is 0.329 e. The van der Waals surface area contributed by atoms with E-state index in [0.717, 1.165) is 11.1 Å². The van der Waals surface area contributed by atoms with Crippen molar-refractivity contribution in [2.24, 2.45) is 5.73 Å². The van der Waals surface area contributed by atoms with Gasteiger partial charge in [0, 0.05) is 20.0 Å². The summed E-state index contributed by atoms with van der Waals surface area (Å²) in [7, 11) is 1.64. The van der Waals surface area contributed by atoms with Gasteiger partial charge < -0.3 is 20.7 Å². The van der Waals surface area contributed by atoms with Crippen molar-refractivity contribution in [1.82, 2.24) is 10.2 Å². The lowest BCUT2D eigenvalue weighted by molar-refractivity contribution is -0.160. The van der Waals surface area contributed by atoms with E-state index in [1.54, 1.807) is 7.05 Å². The summed E-state index contributed by atoms with van der Waals surface area (Å²) in [5.74, 6) is -1.05. The van der Waals surface area contributed by atoms with Crippen molar-refractivity contribution in [2.75, 3.05) is 7.05 Å². The van der Waals surface area contributed by atoms with Gasteiger partial charge in [0.1, 0.15) is 6.04 Å². The second kappa shape index (κ2) is 10.1. The molecule has 0 aliphatic heterocycles. The third-order valence-electron chi connectivity index (χ3n) is 4.16. The molecule has 0 heterocycles. The Balaban J connectivity index is 1.98. The molecule has 2 aromatic carbocycles. The van der Waals surface area contributed by atoms with Gasteiger partial charge in [-0.2, -0.15) is 0 Å². The van der Waals surface area contributed by atoms with Crippen molar-refractivity contribution in [2.45, 2.75) is 32.0 Å². The fourth-order valence-corrected chi connectivity index (χ4v) is 2.77. The number of nitrogens with one attached hydrogen (secondary N) is 1. The molecule has 0 aromatic heterocycles. The number of esters is 1. The maximum atomic E-state index is 12.5. The highest BCUT2D eigenvalue weighted by molar-refractivity contribution is 5.87. The van der Waals surface area contributed by atoms with Crippen LogP contribution in [-0.2, 0) is 27.3 Å². The van der Waals surface area contributed by atoms with Crippen LogP contribution in [0.2, 0.25) is 0 Å². The first-order valence-electron chi connectivity index (χ1n) is 8.96. The van der Waals surface area contributed by atoms with Crippen LogP contribution in [0.3, 0.4) is 0 Å². The van der Waals surface area contributed by atoms with Crippen LogP contribution in [-0.4, -0.2) is 42.0 Å². The Morgan fingerprint density at radius 1 is 1.00 bits per heavy atom. The summed E-state index contributed by atoms with van der Waals surface area (Å²) in [6.45, 7) is 1.90. The zero-order valence-electron chi connectivity index (χ0n) is 16.0. The van der Waals surface area contributed by atoms with Gasteiger partial charge in [-0.05, 0) is 18.1 Å². The maximum Gasteiger partial charge on any atom is 0.329 e. The molecule has 0 saturated heterocycles. The number of benzene rings is 2. The van der Waals surface area contributed by atoms with Crippen LogP contribution in [0.4, 0.5) is 4.79 Å². The molecule has 0 bridgehead atoms. The number of carbonyl (C=O) groups is 3. The number of primary amides is 1. The van der Waals surface area contributed by atoms with Gasteiger partial charge in [0.05, 0.1) is 0 Å². The minimum absolute atomic E-state index is 0.212. The Kier molecular flexibility index (Phi) is 7.56. The zero-order chi connectivity index (χ0) is 20.5. The number of nitrogens with zero attached hydrogens (tertiary/aromatic N) is 1. The second-order valence-electron chi connectivity index (χ2n) is 6.51. The van der Waals surface area contributed by atoms with Crippen LogP contribution < -0.4 is 11.1 Å². The molecule has 0 aliphatic carbocycles. The van der Waals surface area contributed by atoms with Gasteiger partial charge in [-0.15, -0.1) is 0 Å². The summed E-state index contributed by atoms with van der Waals surface area (Å²) in [6.07, 6.45) is -0.780. The van der Waals surface area contributed by atoms with Gasteiger partial charge in [-0.3, -0.25) is 4.79 Å². The second-order valence-corrected chi connectivity index (χ2v) is 6.51. The Bertz CT molecular complexity index is 796. The van der Waals surface area contributed by atoms with E-state index in [2.05, 4.69) is 5.32 Å². The number of hydrogen-bond donors (Lipinski definition) is 2. The number of hydrogen-bond acceptors (Lipinski definition) is 4. The van der Waals surface area contributed by atoms with Gasteiger partial charge in [-0.1, -0.05) is 60.7 Å². The molecule has 28 heavy (non-hydrogen) atoms. The van der Waals surface area contributed by atoms with Crippen molar-refractivity contribution in [3.63, 3.8) is 0 Å². The molecule has 2 atom stereocenters. The molecule has 0 radical (unpaired) electrons. The molecule has 7 heteroatoms. The molecule has 0 fully saturated rings. The quantitative estimate of drug-likeness (QED) is 0.679. The minimum atomic E-state index is -0.992. The van der Waals surface area contributed by atoms with E-state index >= 15 is 0 Å². The van der Waals surface area contributed by atoms with Crippen LogP contribution in [0, 0.1) is 0 Å². The topological polar surface area (TPSA) is 102 Å². The van der Waals surface area contributed by atoms with E-state index in [4.69, 9.17) is 10.5 Å². The predicted octanol–water partition coefficient (Wildman–Crippen LogP) is 1.86. The fraction of sp³-hybridized carbons (Fsp3) is 0.286. The Morgan fingerprint density at radius 2 is 1.54 bits per heavy atom. The van der Waals surface area contributed by atoms with Gasteiger partial charge in [-0.25, -0.2) is 9.59 Å². The van der Waals surface area contributed by atoms with E-state index in [9.17, 15) is 14.4 Å². The van der Waals surface area contributed by atoms with Crippen molar-refractivity contribution in [1.29, 1.82) is 0 Å². The number of carbonyl (C=O) groups excluding carboxylic acids is 3. The lowest BCUT2D eigenvalue weighted by atomic mass is 10.1. The number of amides is 3. The van der Waals surface area contributed by atoms with Crippen LogP contribution >= 0.6 is 0 Å². The average Bonchev–Trinajstić information content (AvgIpc) is 2.68. The third kappa shape index (κ3) is 6.42. The monoisotopic (exact) mass is 383 g/mol. The summed E-state index contributed by atoms with van der Waals surface area (Å²) < 4.78 is 5.31. The molecule has 0 saturated carbocycles. The van der Waals surface area contributed by atoms with Gasteiger partial charge in [0.25, 0.3) is 5.91 Å². The molecule has 0 unspecified atom stereocenters. The lowest BCUT2D eigenvalue weighted by Gasteiger charge is -2.23. The van der Waals surface area contributed by atoms with E-state index in [1.807, 2.05) is 60.7 Å². The van der Waals surface area contributed by atoms with Gasteiger partial charge >= 0.3 is 12.0 Å². The lowest BCUT2D eigenvalue weighted by Crippen LogP contribution is -2.48. The highest BCUT2D eigenvalue weighted by atomic mass is 16.5. The third-order valence-corrected chi connectivity index (χ3v) is 4.16. The van der Waals surface area contributed by atoms with Crippen molar-refractivity contribution in [3.8, 4) is 0 Å². The molecule has 7 nitrogen and oxygen atoms in total. The van der Waals surface area contributed by atoms with Crippen molar-refractivity contribution < 1.29 is 19.1 Å². The first-order valence-corrected chi connectivity index (χ1v) is 8.96. The van der Waals surface area contributed by atoms with E-state index in [-0.39, 0.29) is 12.3 Å². The summed E-state index contributed by atoms with van der Waals surface area (Å²) in [5.41, 5.74) is 6.98. The highest BCUT2D eigenvalue weighted by Gasteiger charge is 2.27. The molecular formula is C21H25N3O4. The van der Waals surface area contributed by atoms with E-state index < -0.39 is 24.1 Å². The molecule has 2 rings (SSSR count). The SMILES string of the molecule is C[C@@H](OC(=O)[C@H](Cc1ccccc1)NC(N)=O)C(=O)N(C)Cc1ccccc1. The summed E-state index contributed by atoms with van der Waals surface area (Å²) in [4.78, 5) is 37.8. The van der Waals surface area contributed by atoms with Gasteiger partial charge in [0.15, 0.2) is 6.10 Å². The minimum Gasteiger partial charge on any atom is -0.451 e. The van der Waals surface area contributed by atoms with Crippen LogP contribution in [0.15, 0.2) is 60.7 Å². The number of ether oxygens (including phenoxy) is 1. The number of rotatable bonds is 8. The summed E-state index contributed by atoms with van der Waals surface area (Å²) >= 11 is 0. The highest BCUT2D eigenvalue weighted by Crippen LogP contribution is 2.09. The Hall–Kier alpha value is -3.35. The van der Waals surface area contributed by atoms with Crippen molar-refractivity contribution >= 4 is 17.9 Å². The number of likely N-dealkylation sites (N-methyl/N-ethyl adjacent to an activating group) is 1. The zero-order valence-corrected chi connectivity index (χ0v) is 16.0. The molecule has 0 aliphatic rings. The Morgan fingerprint density at radius 3 is 2.07 bits per heavy atom. The van der Waals surface area contributed by atoms with Gasteiger partial charge in [0.2, 0.25) is 0 Å². The molecule has 3 N–H and O–H groups in total. The largest absolute Gasteiger partial charge is 0.451 e. The van der Waals surface area contributed by atoms with Crippen LogP contribution in [0.5, 0.6) is 0 Å². The standard InChI is InChI=1S/C21H25N3O4/c1-15(19(25)24(2)14-17-11-7-4-8-12-17)28-20(26)18(23-21(22)27)13-16-9-5-3-6-10-16/h3-12,15,18H,13-14H2,1-2H3,(H3,22,23,27)/t15-,18+/m1/s1. The molecule has 2 aromatic rings. The van der Waals surface area contributed by atoms with E-state index in [1.165, 1.54) is 11.8 Å². The average molecular weight is 383 g/mol. The van der Waals surface area contributed by atoms with Crippen LogP contribution in [0.25, 0.3) is 0 Å². The van der Waals surface area contributed by atoms with Crippen LogP contribution in [0.1, 0.15) is 18.1 Å². The first-order chi connectivity index (χ1) is 13.4.